The fourth-order valence-electron chi connectivity index (χ4n) is 2.70. The van der Waals surface area contributed by atoms with Gasteiger partial charge in [-0.15, -0.1) is 10.1 Å². The van der Waals surface area contributed by atoms with E-state index in [2.05, 4.69) is 23.8 Å². The molecule has 2 unspecified atom stereocenters. The lowest BCUT2D eigenvalue weighted by molar-refractivity contribution is -0.756. The molecule has 0 amide bonds. The lowest BCUT2D eigenvalue weighted by Crippen LogP contribution is -2.41. The molecule has 10 nitrogen and oxygen atoms in total. The van der Waals surface area contributed by atoms with E-state index in [1.165, 1.54) is 0 Å². The fraction of sp³-hybridized carbons (Fsp3) is 0.444. The molecular formula is C18H17F8NO9S2. The van der Waals surface area contributed by atoms with Crippen LogP contribution in [0, 0.1) is 10.1 Å². The van der Waals surface area contributed by atoms with Crippen LogP contribution in [0.3, 0.4) is 0 Å². The number of hydrogen-bond acceptors (Lipinski definition) is 10. The van der Waals surface area contributed by atoms with Crippen molar-refractivity contribution in [2.24, 2.45) is 0 Å². The van der Waals surface area contributed by atoms with Crippen molar-refractivity contribution in [3.05, 3.63) is 39.4 Å². The molecule has 2 atom stereocenters. The number of esters is 1. The molecule has 1 aromatic rings. The summed E-state index contributed by atoms with van der Waals surface area (Å²) in [5.74, 6) is -2.37. The molecule has 1 heterocycles. The highest BCUT2D eigenvalue weighted by Gasteiger charge is 2.65. The molecular weight excluding hydrogens is 590 g/mol. The van der Waals surface area contributed by atoms with Gasteiger partial charge in [-0.2, -0.15) is 24.9 Å². The van der Waals surface area contributed by atoms with Crippen molar-refractivity contribution >= 4 is 40.2 Å². The van der Waals surface area contributed by atoms with Gasteiger partial charge in [-0.25, -0.2) is 9.59 Å². The molecule has 0 saturated heterocycles. The number of fused-ring (bicyclic) bond motifs is 1. The molecule has 0 fully saturated rings. The van der Waals surface area contributed by atoms with E-state index in [4.69, 9.17) is 0 Å². The van der Waals surface area contributed by atoms with Crippen molar-refractivity contribution in [3.63, 3.8) is 0 Å². The maximum atomic E-state index is 13.5. The van der Waals surface area contributed by atoms with Crippen molar-refractivity contribution in [2.45, 2.75) is 30.4 Å². The predicted molar refractivity (Wildman–Crippen MR) is 115 cm³/mol. The van der Waals surface area contributed by atoms with Gasteiger partial charge in [-0.3, -0.25) is 0 Å². The molecule has 20 heteroatoms. The average Bonchev–Trinajstić information content (AvgIpc) is 2.74. The first-order valence-electron chi connectivity index (χ1n) is 9.90. The molecule has 38 heavy (non-hydrogen) atoms. The Bertz CT molecular complexity index is 1110. The van der Waals surface area contributed by atoms with E-state index >= 15 is 0 Å². The molecule has 0 aliphatic carbocycles. The Hall–Kier alpha value is -3.16. The minimum Gasteiger partial charge on any atom is -0.475 e. The van der Waals surface area contributed by atoms with Crippen LogP contribution in [-0.2, 0) is 23.8 Å². The molecule has 1 aliphatic heterocycles. The summed E-state index contributed by atoms with van der Waals surface area (Å²) in [7, 11) is -10.2. The number of hydrogen-bond donors (Lipinski definition) is 0. The second-order valence-corrected chi connectivity index (χ2v) is 10.8. The maximum absolute atomic E-state index is 13.5. The summed E-state index contributed by atoms with van der Waals surface area (Å²) < 4.78 is 124. The number of rotatable bonds is 11. The molecule has 0 aromatic heterocycles. The molecule has 2 rings (SSSR count). The SMILES string of the molecule is CC(OC(=O)OCCSCCO[N+](=O)[O-])OC(=O)C1=Cc2cc(S(F)(F)(F)(F)F)ccc2OC1C(F)(F)F. The first-order valence-corrected chi connectivity index (χ1v) is 13.0. The van der Waals surface area contributed by atoms with E-state index in [1.807, 2.05) is 0 Å². The molecule has 0 saturated carbocycles. The van der Waals surface area contributed by atoms with E-state index in [-0.39, 0.29) is 49.0 Å². The third-order valence-electron chi connectivity index (χ3n) is 4.21. The summed E-state index contributed by atoms with van der Waals surface area (Å²) in [5, 5.41) is 8.97. The zero-order chi connectivity index (χ0) is 29.0. The number of benzene rings is 1. The smallest absolute Gasteiger partial charge is 0.475 e. The van der Waals surface area contributed by atoms with Crippen LogP contribution < -0.4 is 4.74 Å². The van der Waals surface area contributed by atoms with Gasteiger partial charge in [-0.1, -0.05) is 19.4 Å². The van der Waals surface area contributed by atoms with Crippen LogP contribution in [0.25, 0.3) is 6.08 Å². The Labute approximate surface area is 212 Å². The zero-order valence-corrected chi connectivity index (χ0v) is 20.4. The Balaban J connectivity index is 2.06. The van der Waals surface area contributed by atoms with Crippen LogP contribution in [-0.4, -0.2) is 60.5 Å². The number of thioether (sulfide) groups is 1. The summed E-state index contributed by atoms with van der Waals surface area (Å²) in [6.07, 6.45) is -11.4. The van der Waals surface area contributed by atoms with E-state index < -0.39 is 67.8 Å². The fourth-order valence-corrected chi connectivity index (χ4v) is 3.97. The highest BCUT2D eigenvalue weighted by molar-refractivity contribution is 8.45. The Morgan fingerprint density at radius 2 is 1.76 bits per heavy atom. The van der Waals surface area contributed by atoms with Gasteiger partial charge in [0.05, 0.1) is 5.57 Å². The monoisotopic (exact) mass is 607 g/mol. The predicted octanol–water partition coefficient (Wildman–Crippen LogP) is 6.03. The molecule has 216 valence electrons. The third kappa shape index (κ3) is 9.30. The van der Waals surface area contributed by atoms with Crippen LogP contribution >= 0.6 is 22.0 Å². The maximum Gasteiger partial charge on any atom is 0.511 e. The summed E-state index contributed by atoms with van der Waals surface area (Å²) in [6.45, 7) is 0.401. The van der Waals surface area contributed by atoms with E-state index in [0.717, 1.165) is 18.7 Å². The van der Waals surface area contributed by atoms with Crippen molar-refractivity contribution in [3.8, 4) is 5.75 Å². The molecule has 0 bridgehead atoms. The summed E-state index contributed by atoms with van der Waals surface area (Å²) >= 11 is 1.09. The first-order chi connectivity index (χ1) is 17.2. The molecule has 0 spiro atoms. The van der Waals surface area contributed by atoms with Gasteiger partial charge < -0.3 is 23.8 Å². The third-order valence-corrected chi connectivity index (χ3v) is 6.26. The number of carbonyl (C=O) groups excluding carboxylic acids is 2. The van der Waals surface area contributed by atoms with Gasteiger partial charge in [-0.05, 0) is 24.3 Å². The lowest BCUT2D eigenvalue weighted by atomic mass is 10.0. The Morgan fingerprint density at radius 3 is 2.34 bits per heavy atom. The van der Waals surface area contributed by atoms with Gasteiger partial charge in [0.25, 0.3) is 5.09 Å². The standard InChI is InChI=1S/C18H17F8NO9S2/c1-10(35-17(29)32-4-6-37-7-5-33-27(30)31)34-16(28)13-9-11-8-12(38(22,23,24,25)26)2-3-14(11)36-15(13)18(19,20)21/h2-3,8-10,15H,4-7H2,1H3. The largest absolute Gasteiger partial charge is 0.511 e. The van der Waals surface area contributed by atoms with Gasteiger partial charge >= 0.3 is 28.5 Å². The number of halogens is 8. The van der Waals surface area contributed by atoms with Crippen LogP contribution in [0.15, 0.2) is 28.7 Å². The lowest BCUT2D eigenvalue weighted by Gasteiger charge is -2.41. The highest BCUT2D eigenvalue weighted by Crippen LogP contribution is 3.02. The van der Waals surface area contributed by atoms with E-state index in [1.54, 1.807) is 0 Å². The van der Waals surface area contributed by atoms with Gasteiger partial charge in [0, 0.05) is 24.0 Å². The topological polar surface area (TPSA) is 123 Å². The number of nitrogens with zero attached hydrogens (tertiary/aromatic N) is 1. The molecule has 1 aliphatic rings. The van der Waals surface area contributed by atoms with Gasteiger partial charge in [0.2, 0.25) is 12.4 Å². The Morgan fingerprint density at radius 1 is 1.13 bits per heavy atom. The highest BCUT2D eigenvalue weighted by atomic mass is 32.5. The van der Waals surface area contributed by atoms with Crippen LogP contribution in [0.5, 0.6) is 5.75 Å². The summed E-state index contributed by atoms with van der Waals surface area (Å²) in [5.41, 5.74) is -2.31. The second-order valence-electron chi connectivity index (χ2n) is 7.17. The minimum atomic E-state index is -10.2. The number of alkyl halides is 3. The van der Waals surface area contributed by atoms with Crippen molar-refractivity contribution in [2.75, 3.05) is 24.7 Å². The average molecular weight is 607 g/mol. The van der Waals surface area contributed by atoms with E-state index in [0.29, 0.717) is 0 Å². The zero-order valence-electron chi connectivity index (χ0n) is 18.8. The van der Waals surface area contributed by atoms with Crippen LogP contribution in [0.1, 0.15) is 12.5 Å². The van der Waals surface area contributed by atoms with Crippen molar-refractivity contribution in [1.82, 2.24) is 0 Å². The Kier molecular flexibility index (Phi) is 8.62. The number of carbonyl (C=O) groups is 2. The van der Waals surface area contributed by atoms with Crippen LogP contribution in [0.2, 0.25) is 0 Å². The molecule has 0 N–H and O–H groups in total. The quantitative estimate of drug-likeness (QED) is 0.0735. The second kappa shape index (κ2) is 10.5. The van der Waals surface area contributed by atoms with E-state index in [9.17, 15) is 52.3 Å². The molecule has 1 aromatic carbocycles. The summed E-state index contributed by atoms with van der Waals surface area (Å²) in [6, 6.07) is -0.0592. The normalized spacial score (nSPS) is 17.9. The summed E-state index contributed by atoms with van der Waals surface area (Å²) in [4.78, 5) is 35.5. The minimum absolute atomic E-state index is 0.141. The first kappa shape index (κ1) is 31.1. The van der Waals surface area contributed by atoms with Gasteiger partial charge in [0.15, 0.2) is 0 Å². The molecule has 0 radical (unpaired) electrons. The van der Waals surface area contributed by atoms with Crippen LogP contribution in [0.4, 0.5) is 37.4 Å². The van der Waals surface area contributed by atoms with Gasteiger partial charge in [0.1, 0.15) is 23.9 Å². The van der Waals surface area contributed by atoms with Crippen molar-refractivity contribution < 1.29 is 71.1 Å². The number of ether oxygens (including phenoxy) is 4. The van der Waals surface area contributed by atoms with Crippen molar-refractivity contribution in [1.29, 1.82) is 0 Å².